The molecule has 0 atom stereocenters. The van der Waals surface area contributed by atoms with Crippen molar-refractivity contribution in [1.82, 2.24) is 0 Å². The molecule has 32 heavy (non-hydrogen) atoms. The minimum atomic E-state index is 1.30. The molecule has 0 saturated heterocycles. The molecule has 0 aliphatic carbocycles. The van der Waals surface area contributed by atoms with Crippen molar-refractivity contribution >= 4 is 75.4 Å². The van der Waals surface area contributed by atoms with Crippen LogP contribution in [0.5, 0.6) is 0 Å². The lowest BCUT2D eigenvalue weighted by Crippen LogP contribution is -1.88. The lowest BCUT2D eigenvalue weighted by molar-refractivity contribution is 1.79. The van der Waals surface area contributed by atoms with Gasteiger partial charge in [-0.1, -0.05) is 84.9 Å². The van der Waals surface area contributed by atoms with Crippen LogP contribution in [0.2, 0.25) is 0 Å². The largest absolute Gasteiger partial charge is 0.0616 e. The van der Waals surface area contributed by atoms with E-state index in [4.69, 9.17) is 0 Å². The monoisotopic (exact) mass is 402 g/mol. The average Bonchev–Trinajstić information content (AvgIpc) is 2.85. The Morgan fingerprint density at radius 2 is 0.750 bits per heavy atom. The molecular formula is C32H18. The average molecular weight is 402 g/mol. The highest BCUT2D eigenvalue weighted by Crippen LogP contribution is 2.42. The Kier molecular flexibility index (Phi) is 2.97. The minimum Gasteiger partial charge on any atom is -0.0616 e. The van der Waals surface area contributed by atoms with Crippen LogP contribution in [0.1, 0.15) is 0 Å². The highest BCUT2D eigenvalue weighted by Gasteiger charge is 2.14. The van der Waals surface area contributed by atoms with Crippen LogP contribution in [0.3, 0.4) is 0 Å². The van der Waals surface area contributed by atoms with E-state index < -0.39 is 0 Å². The van der Waals surface area contributed by atoms with E-state index in [1.54, 1.807) is 0 Å². The van der Waals surface area contributed by atoms with Gasteiger partial charge in [0, 0.05) is 0 Å². The molecule has 0 aliphatic heterocycles. The van der Waals surface area contributed by atoms with Gasteiger partial charge in [-0.25, -0.2) is 0 Å². The topological polar surface area (TPSA) is 0 Å². The summed E-state index contributed by atoms with van der Waals surface area (Å²) in [6, 6.07) is 40.7. The first kappa shape index (κ1) is 16.5. The number of benzene rings is 8. The van der Waals surface area contributed by atoms with Gasteiger partial charge in [-0.15, -0.1) is 0 Å². The van der Waals surface area contributed by atoms with E-state index in [0.717, 1.165) is 0 Å². The first-order valence-corrected chi connectivity index (χ1v) is 11.2. The van der Waals surface area contributed by atoms with E-state index in [1.165, 1.54) is 75.4 Å². The molecule has 8 aromatic carbocycles. The second-order valence-electron chi connectivity index (χ2n) is 8.98. The van der Waals surface area contributed by atoms with Crippen molar-refractivity contribution in [1.29, 1.82) is 0 Å². The van der Waals surface area contributed by atoms with E-state index in [-0.39, 0.29) is 0 Å². The van der Waals surface area contributed by atoms with Gasteiger partial charge < -0.3 is 0 Å². The second-order valence-corrected chi connectivity index (χ2v) is 8.98. The predicted molar refractivity (Wildman–Crippen MR) is 140 cm³/mol. The van der Waals surface area contributed by atoms with Crippen molar-refractivity contribution in [3.8, 4) is 0 Å². The molecule has 0 fully saturated rings. The van der Waals surface area contributed by atoms with Gasteiger partial charge in [0.2, 0.25) is 0 Å². The standard InChI is InChI=1S/C32H18/c1-2-6-20-17-29-22(15-19(20)5-1)11-12-26-28-14-13-27-25-8-4-3-7-21(25)16-23-9-10-24(18-30(26)29)32(28)31(23)27/h1-18H. The smallest absolute Gasteiger partial charge is 0.00201 e. The third-order valence-corrected chi connectivity index (χ3v) is 7.30. The van der Waals surface area contributed by atoms with Crippen LogP contribution < -0.4 is 0 Å². The summed E-state index contributed by atoms with van der Waals surface area (Å²) in [5.74, 6) is 0. The zero-order chi connectivity index (χ0) is 20.8. The fourth-order valence-corrected chi connectivity index (χ4v) is 5.86. The van der Waals surface area contributed by atoms with Gasteiger partial charge >= 0.3 is 0 Å². The zero-order valence-corrected chi connectivity index (χ0v) is 17.4. The third-order valence-electron chi connectivity index (χ3n) is 7.30. The lowest BCUT2D eigenvalue weighted by atomic mass is 9.87. The molecule has 0 radical (unpaired) electrons. The van der Waals surface area contributed by atoms with Gasteiger partial charge in [-0.05, 0) is 99.7 Å². The van der Waals surface area contributed by atoms with Gasteiger partial charge in [-0.3, -0.25) is 0 Å². The molecule has 146 valence electrons. The molecule has 0 N–H and O–H groups in total. The Balaban J connectivity index is 1.61. The molecule has 0 heteroatoms. The Bertz CT molecular complexity index is 2020. The first-order valence-electron chi connectivity index (χ1n) is 11.2. The fourth-order valence-electron chi connectivity index (χ4n) is 5.86. The maximum atomic E-state index is 2.41. The molecule has 0 bridgehead atoms. The number of fused-ring (bicyclic) bond motifs is 7. The normalized spacial score (nSPS) is 12.4. The van der Waals surface area contributed by atoms with Gasteiger partial charge in [0.1, 0.15) is 0 Å². The summed E-state index contributed by atoms with van der Waals surface area (Å²) in [4.78, 5) is 0. The Labute approximate surface area is 184 Å². The maximum absolute atomic E-state index is 2.41. The summed E-state index contributed by atoms with van der Waals surface area (Å²) >= 11 is 0. The van der Waals surface area contributed by atoms with Crippen LogP contribution in [0.15, 0.2) is 109 Å². The van der Waals surface area contributed by atoms with Gasteiger partial charge in [0.05, 0.1) is 0 Å². The molecule has 0 unspecified atom stereocenters. The molecule has 0 spiro atoms. The molecule has 0 aliphatic rings. The van der Waals surface area contributed by atoms with Crippen LogP contribution in [0.25, 0.3) is 75.4 Å². The van der Waals surface area contributed by atoms with Crippen molar-refractivity contribution in [2.75, 3.05) is 0 Å². The minimum absolute atomic E-state index is 1.30. The summed E-state index contributed by atoms with van der Waals surface area (Å²) in [5, 5.41) is 18.7. The summed E-state index contributed by atoms with van der Waals surface area (Å²) in [7, 11) is 0. The van der Waals surface area contributed by atoms with Crippen LogP contribution in [0.4, 0.5) is 0 Å². The molecule has 8 rings (SSSR count). The lowest BCUT2D eigenvalue weighted by Gasteiger charge is -2.16. The Morgan fingerprint density at radius 1 is 0.250 bits per heavy atom. The quantitative estimate of drug-likeness (QED) is 0.175. The number of rotatable bonds is 0. The predicted octanol–water partition coefficient (Wildman–Crippen LogP) is 9.20. The number of hydrogen-bond donors (Lipinski definition) is 0. The Hall–Kier alpha value is -4.16. The highest BCUT2D eigenvalue weighted by atomic mass is 14.2. The molecular weight excluding hydrogens is 384 g/mol. The van der Waals surface area contributed by atoms with E-state index in [0.29, 0.717) is 0 Å². The molecule has 0 aromatic heterocycles. The third kappa shape index (κ3) is 2.02. The van der Waals surface area contributed by atoms with E-state index in [1.807, 2.05) is 0 Å². The summed E-state index contributed by atoms with van der Waals surface area (Å²) in [6.07, 6.45) is 0. The van der Waals surface area contributed by atoms with Gasteiger partial charge in [-0.2, -0.15) is 0 Å². The van der Waals surface area contributed by atoms with Crippen LogP contribution in [0, 0.1) is 0 Å². The van der Waals surface area contributed by atoms with Crippen molar-refractivity contribution in [2.45, 2.75) is 0 Å². The van der Waals surface area contributed by atoms with Crippen LogP contribution in [-0.2, 0) is 0 Å². The second kappa shape index (κ2) is 5.75. The highest BCUT2D eigenvalue weighted by molar-refractivity contribution is 6.34. The van der Waals surface area contributed by atoms with Gasteiger partial charge in [0.15, 0.2) is 0 Å². The summed E-state index contributed by atoms with van der Waals surface area (Å²) in [5.41, 5.74) is 0. The molecule has 8 aromatic rings. The van der Waals surface area contributed by atoms with Gasteiger partial charge in [0.25, 0.3) is 0 Å². The van der Waals surface area contributed by atoms with E-state index in [2.05, 4.69) is 109 Å². The molecule has 0 heterocycles. The van der Waals surface area contributed by atoms with E-state index in [9.17, 15) is 0 Å². The van der Waals surface area contributed by atoms with Crippen molar-refractivity contribution in [2.24, 2.45) is 0 Å². The van der Waals surface area contributed by atoms with Crippen LogP contribution in [-0.4, -0.2) is 0 Å². The Morgan fingerprint density at radius 3 is 1.56 bits per heavy atom. The SMILES string of the molecule is c1ccc2cc3c(ccc4c3cc3ccc5cc6ccccc6c6ccc4c3c56)cc2c1. The van der Waals surface area contributed by atoms with E-state index >= 15 is 0 Å². The molecule has 0 nitrogen and oxygen atoms in total. The molecule has 0 saturated carbocycles. The summed E-state index contributed by atoms with van der Waals surface area (Å²) in [6.45, 7) is 0. The fraction of sp³-hybridized carbons (Fsp3) is 0. The van der Waals surface area contributed by atoms with Crippen LogP contribution >= 0.6 is 0 Å². The van der Waals surface area contributed by atoms with Crippen molar-refractivity contribution < 1.29 is 0 Å². The molecule has 0 amide bonds. The van der Waals surface area contributed by atoms with Crippen molar-refractivity contribution in [3.05, 3.63) is 109 Å². The maximum Gasteiger partial charge on any atom is -0.00201 e. The summed E-state index contributed by atoms with van der Waals surface area (Å²) < 4.78 is 0. The first-order chi connectivity index (χ1) is 15.8. The number of hydrogen-bond acceptors (Lipinski definition) is 0. The van der Waals surface area contributed by atoms with Crippen molar-refractivity contribution in [3.63, 3.8) is 0 Å². The zero-order valence-electron chi connectivity index (χ0n) is 17.4.